The van der Waals surface area contributed by atoms with Crippen molar-refractivity contribution in [2.75, 3.05) is 19.8 Å². The first-order valence-electron chi connectivity index (χ1n) is 6.24. The largest absolute Gasteiger partial charge is 0.475 e. The smallest absolute Gasteiger partial charge is 0.218 e. The van der Waals surface area contributed by atoms with E-state index in [0.29, 0.717) is 36.0 Å². The molecule has 0 saturated heterocycles. The molecule has 0 radical (unpaired) electrons. The van der Waals surface area contributed by atoms with Gasteiger partial charge >= 0.3 is 0 Å². The molecule has 0 fully saturated rings. The Balaban J connectivity index is 2.42. The van der Waals surface area contributed by atoms with E-state index in [0.717, 1.165) is 6.61 Å². The molecule has 1 rings (SSSR count). The summed E-state index contributed by atoms with van der Waals surface area (Å²) in [4.78, 5) is 8.44. The normalized spacial score (nSPS) is 11.3. The Morgan fingerprint density at radius 2 is 1.89 bits per heavy atom. The van der Waals surface area contributed by atoms with Crippen molar-refractivity contribution in [1.29, 1.82) is 0 Å². The SMILES string of the molecule is CC(C)COCCOc1cc(Cl)nc(C(C)C)n1. The Bertz CT molecular complexity index is 370. The van der Waals surface area contributed by atoms with Crippen LogP contribution in [-0.2, 0) is 4.74 Å². The molecule has 0 spiro atoms. The minimum atomic E-state index is 0.225. The van der Waals surface area contributed by atoms with E-state index in [-0.39, 0.29) is 5.92 Å². The van der Waals surface area contributed by atoms with E-state index in [4.69, 9.17) is 21.1 Å². The Morgan fingerprint density at radius 3 is 2.50 bits per heavy atom. The van der Waals surface area contributed by atoms with Crippen LogP contribution in [0.1, 0.15) is 39.4 Å². The van der Waals surface area contributed by atoms with E-state index in [2.05, 4.69) is 23.8 Å². The first-order valence-corrected chi connectivity index (χ1v) is 6.62. The maximum atomic E-state index is 5.91. The lowest BCUT2D eigenvalue weighted by Gasteiger charge is -2.10. The summed E-state index contributed by atoms with van der Waals surface area (Å²) in [6, 6.07) is 1.62. The lowest BCUT2D eigenvalue weighted by Crippen LogP contribution is -2.11. The molecule has 0 aliphatic rings. The molecule has 18 heavy (non-hydrogen) atoms. The van der Waals surface area contributed by atoms with Crippen LogP contribution in [0.25, 0.3) is 0 Å². The number of ether oxygens (including phenoxy) is 2. The van der Waals surface area contributed by atoms with Crippen molar-refractivity contribution < 1.29 is 9.47 Å². The van der Waals surface area contributed by atoms with E-state index in [1.54, 1.807) is 6.07 Å². The zero-order chi connectivity index (χ0) is 13.5. The van der Waals surface area contributed by atoms with E-state index in [9.17, 15) is 0 Å². The third kappa shape index (κ3) is 5.65. The minimum absolute atomic E-state index is 0.225. The number of aromatic nitrogens is 2. The summed E-state index contributed by atoms with van der Waals surface area (Å²) in [5, 5.41) is 0.409. The Morgan fingerprint density at radius 1 is 1.17 bits per heavy atom. The number of halogens is 1. The summed E-state index contributed by atoms with van der Waals surface area (Å²) in [6.45, 7) is 10.0. The van der Waals surface area contributed by atoms with Crippen LogP contribution in [0.5, 0.6) is 5.88 Å². The standard InChI is InChI=1S/C13H21ClN2O2/c1-9(2)8-17-5-6-18-12-7-11(14)15-13(16-12)10(3)4/h7,9-10H,5-6,8H2,1-4H3. The summed E-state index contributed by atoms with van der Waals surface area (Å²) in [6.07, 6.45) is 0. The molecule has 1 heterocycles. The van der Waals surface area contributed by atoms with Gasteiger partial charge in [-0.1, -0.05) is 39.3 Å². The molecule has 5 heteroatoms. The molecule has 0 bridgehead atoms. The van der Waals surface area contributed by atoms with Crippen molar-refractivity contribution in [2.24, 2.45) is 5.92 Å². The lowest BCUT2D eigenvalue weighted by molar-refractivity contribution is 0.0805. The van der Waals surface area contributed by atoms with Gasteiger partial charge in [-0.05, 0) is 5.92 Å². The maximum absolute atomic E-state index is 5.91. The van der Waals surface area contributed by atoms with Crippen LogP contribution in [0, 0.1) is 5.92 Å². The third-order valence-corrected chi connectivity index (χ3v) is 2.33. The second-order valence-electron chi connectivity index (χ2n) is 4.86. The average molecular weight is 273 g/mol. The first-order chi connectivity index (χ1) is 8.49. The molecule has 0 aliphatic carbocycles. The van der Waals surface area contributed by atoms with Gasteiger partial charge in [0.15, 0.2) is 0 Å². The molecule has 0 atom stereocenters. The Kier molecular flexibility index (Phi) is 6.36. The van der Waals surface area contributed by atoms with Gasteiger partial charge in [-0.3, -0.25) is 0 Å². The fourth-order valence-corrected chi connectivity index (χ4v) is 1.45. The molecule has 0 saturated carbocycles. The zero-order valence-electron chi connectivity index (χ0n) is 11.4. The molecule has 0 aromatic carbocycles. The van der Waals surface area contributed by atoms with Crippen molar-refractivity contribution >= 4 is 11.6 Å². The summed E-state index contributed by atoms with van der Waals surface area (Å²) in [7, 11) is 0. The van der Waals surface area contributed by atoms with Crippen LogP contribution in [0.15, 0.2) is 6.07 Å². The third-order valence-electron chi connectivity index (χ3n) is 2.13. The lowest BCUT2D eigenvalue weighted by atomic mass is 10.2. The first kappa shape index (κ1) is 15.2. The second-order valence-corrected chi connectivity index (χ2v) is 5.25. The van der Waals surface area contributed by atoms with Crippen LogP contribution in [0.3, 0.4) is 0 Å². The number of rotatable bonds is 7. The van der Waals surface area contributed by atoms with Gasteiger partial charge in [-0.15, -0.1) is 0 Å². The molecule has 102 valence electrons. The number of hydrogen-bond acceptors (Lipinski definition) is 4. The van der Waals surface area contributed by atoms with Crippen LogP contribution in [0.2, 0.25) is 5.15 Å². The number of nitrogens with zero attached hydrogens (tertiary/aromatic N) is 2. The van der Waals surface area contributed by atoms with Gasteiger partial charge in [0.1, 0.15) is 17.6 Å². The molecule has 0 aliphatic heterocycles. The Hall–Kier alpha value is -0.870. The van der Waals surface area contributed by atoms with Crippen molar-refractivity contribution in [1.82, 2.24) is 9.97 Å². The Labute approximate surface area is 114 Å². The summed E-state index contributed by atoms with van der Waals surface area (Å²) < 4.78 is 10.9. The quantitative estimate of drug-likeness (QED) is 0.564. The van der Waals surface area contributed by atoms with E-state index >= 15 is 0 Å². The van der Waals surface area contributed by atoms with Gasteiger partial charge < -0.3 is 9.47 Å². The molecule has 1 aromatic heterocycles. The predicted octanol–water partition coefficient (Wildman–Crippen LogP) is 3.30. The van der Waals surface area contributed by atoms with Crippen molar-refractivity contribution in [3.8, 4) is 5.88 Å². The van der Waals surface area contributed by atoms with E-state index < -0.39 is 0 Å². The average Bonchev–Trinajstić information content (AvgIpc) is 2.27. The van der Waals surface area contributed by atoms with Gasteiger partial charge in [0.25, 0.3) is 0 Å². The van der Waals surface area contributed by atoms with Crippen molar-refractivity contribution in [3.63, 3.8) is 0 Å². The van der Waals surface area contributed by atoms with Crippen LogP contribution in [0.4, 0.5) is 0 Å². The van der Waals surface area contributed by atoms with E-state index in [1.165, 1.54) is 0 Å². The number of hydrogen-bond donors (Lipinski definition) is 0. The molecule has 1 aromatic rings. The molecule has 0 amide bonds. The molecule has 0 N–H and O–H groups in total. The highest BCUT2D eigenvalue weighted by Gasteiger charge is 2.07. The molecule has 4 nitrogen and oxygen atoms in total. The van der Waals surface area contributed by atoms with Crippen molar-refractivity contribution in [2.45, 2.75) is 33.6 Å². The van der Waals surface area contributed by atoms with Crippen LogP contribution in [-0.4, -0.2) is 29.8 Å². The van der Waals surface area contributed by atoms with Gasteiger partial charge in [-0.2, -0.15) is 4.98 Å². The van der Waals surface area contributed by atoms with Gasteiger partial charge in [0.2, 0.25) is 5.88 Å². The molecular formula is C13H21ClN2O2. The van der Waals surface area contributed by atoms with Gasteiger partial charge in [-0.25, -0.2) is 4.98 Å². The van der Waals surface area contributed by atoms with Gasteiger partial charge in [0, 0.05) is 18.6 Å². The summed E-state index contributed by atoms with van der Waals surface area (Å²) in [5.74, 6) is 1.96. The summed E-state index contributed by atoms with van der Waals surface area (Å²) >= 11 is 5.91. The second kappa shape index (κ2) is 7.54. The highest BCUT2D eigenvalue weighted by atomic mass is 35.5. The fraction of sp³-hybridized carbons (Fsp3) is 0.692. The highest BCUT2D eigenvalue weighted by molar-refractivity contribution is 6.29. The summed E-state index contributed by atoms with van der Waals surface area (Å²) in [5.41, 5.74) is 0. The molecular weight excluding hydrogens is 252 g/mol. The monoisotopic (exact) mass is 272 g/mol. The highest BCUT2D eigenvalue weighted by Crippen LogP contribution is 2.18. The zero-order valence-corrected chi connectivity index (χ0v) is 12.2. The predicted molar refractivity (Wildman–Crippen MR) is 72.3 cm³/mol. The topological polar surface area (TPSA) is 44.2 Å². The molecule has 0 unspecified atom stereocenters. The van der Waals surface area contributed by atoms with E-state index in [1.807, 2.05) is 13.8 Å². The minimum Gasteiger partial charge on any atom is -0.475 e. The fourth-order valence-electron chi connectivity index (χ4n) is 1.27. The van der Waals surface area contributed by atoms with Crippen molar-refractivity contribution in [3.05, 3.63) is 17.0 Å². The van der Waals surface area contributed by atoms with Gasteiger partial charge in [0.05, 0.1) is 6.61 Å². The maximum Gasteiger partial charge on any atom is 0.218 e. The van der Waals surface area contributed by atoms with Crippen LogP contribution >= 0.6 is 11.6 Å². The van der Waals surface area contributed by atoms with Crippen LogP contribution < -0.4 is 4.74 Å².